The van der Waals surface area contributed by atoms with Gasteiger partial charge in [0.1, 0.15) is 11.6 Å². The van der Waals surface area contributed by atoms with E-state index in [9.17, 15) is 0 Å². The molecule has 0 bridgehead atoms. The molecule has 2 atom stereocenters. The number of nitrogens with one attached hydrogen (secondary N) is 1. The molecule has 0 amide bonds. The molecule has 5 rings (SSSR count). The Bertz CT molecular complexity index is 1150. The van der Waals surface area contributed by atoms with Crippen LogP contribution < -0.4 is 10.2 Å². The summed E-state index contributed by atoms with van der Waals surface area (Å²) in [4.78, 5) is 16.5. The molecule has 0 aliphatic carbocycles. The topological polar surface area (TPSA) is 63.2 Å². The zero-order chi connectivity index (χ0) is 21.2. The van der Waals surface area contributed by atoms with E-state index < -0.39 is 0 Å². The predicted octanol–water partition coefficient (Wildman–Crippen LogP) is 4.98. The first-order valence-electron chi connectivity index (χ1n) is 10.5. The van der Waals surface area contributed by atoms with Gasteiger partial charge in [-0.25, -0.2) is 15.0 Å². The number of para-hydroxylation sites is 1. The summed E-state index contributed by atoms with van der Waals surface area (Å²) >= 11 is 1.65. The third-order valence-corrected chi connectivity index (χ3v) is 6.08. The van der Waals surface area contributed by atoms with E-state index in [0.717, 1.165) is 52.6 Å². The summed E-state index contributed by atoms with van der Waals surface area (Å²) in [5.74, 6) is 2.58. The van der Waals surface area contributed by atoms with Crippen LogP contribution in [0.5, 0.6) is 0 Å². The van der Waals surface area contributed by atoms with Gasteiger partial charge in [-0.1, -0.05) is 18.2 Å². The van der Waals surface area contributed by atoms with Gasteiger partial charge in [0.05, 0.1) is 17.7 Å². The molecule has 2 unspecified atom stereocenters. The summed E-state index contributed by atoms with van der Waals surface area (Å²) in [5.41, 5.74) is 3.09. The number of nitrogens with zero attached hydrogens (tertiary/aromatic N) is 4. The molecule has 31 heavy (non-hydrogen) atoms. The zero-order valence-electron chi connectivity index (χ0n) is 17.7. The van der Waals surface area contributed by atoms with Gasteiger partial charge in [0.25, 0.3) is 0 Å². The van der Waals surface area contributed by atoms with Crippen molar-refractivity contribution in [3.8, 4) is 11.4 Å². The highest BCUT2D eigenvalue weighted by Gasteiger charge is 2.23. The highest BCUT2D eigenvalue weighted by atomic mass is 32.1. The minimum Gasteiger partial charge on any atom is -0.372 e. The quantitative estimate of drug-likeness (QED) is 0.481. The lowest BCUT2D eigenvalue weighted by Crippen LogP contribution is -2.45. The van der Waals surface area contributed by atoms with Crippen LogP contribution in [0.2, 0.25) is 0 Å². The number of rotatable bonds is 5. The number of thiophene rings is 1. The van der Waals surface area contributed by atoms with E-state index >= 15 is 0 Å². The number of fused-ring (bicyclic) bond motifs is 1. The number of ether oxygens (including phenoxy) is 1. The largest absolute Gasteiger partial charge is 0.372 e. The van der Waals surface area contributed by atoms with Gasteiger partial charge in [0.15, 0.2) is 5.82 Å². The maximum absolute atomic E-state index is 5.83. The fourth-order valence-electron chi connectivity index (χ4n) is 3.99. The summed E-state index contributed by atoms with van der Waals surface area (Å²) in [7, 11) is 0. The van der Waals surface area contributed by atoms with Crippen molar-refractivity contribution in [3.05, 3.63) is 65.0 Å². The van der Waals surface area contributed by atoms with Crippen LogP contribution in [0.4, 0.5) is 11.6 Å². The standard InChI is InChI=1S/C24H25N5OS/c1-16-13-29(14-17(2)30-16)22-8-7-18(11-25-22)12-26-24-20-5-3-4-6-21(20)27-23(28-24)19-9-10-31-15-19/h3-11,15-17H,12-14H2,1-2H3,(H,26,27,28). The fourth-order valence-corrected chi connectivity index (χ4v) is 4.63. The summed E-state index contributed by atoms with van der Waals surface area (Å²) in [6.45, 7) is 6.60. The lowest BCUT2D eigenvalue weighted by Gasteiger charge is -2.36. The highest BCUT2D eigenvalue weighted by Crippen LogP contribution is 2.26. The normalized spacial score (nSPS) is 19.0. The molecule has 1 saturated heterocycles. The van der Waals surface area contributed by atoms with Crippen molar-refractivity contribution in [3.63, 3.8) is 0 Å². The Balaban J connectivity index is 1.35. The van der Waals surface area contributed by atoms with Gasteiger partial charge in [0, 0.05) is 42.2 Å². The van der Waals surface area contributed by atoms with Crippen LogP contribution >= 0.6 is 11.3 Å². The number of benzene rings is 1. The molecular weight excluding hydrogens is 406 g/mol. The first kappa shape index (κ1) is 19.9. The molecule has 4 aromatic rings. The Morgan fingerprint density at radius 1 is 1.06 bits per heavy atom. The van der Waals surface area contributed by atoms with E-state index in [1.807, 2.05) is 29.8 Å². The summed E-state index contributed by atoms with van der Waals surface area (Å²) < 4.78 is 5.83. The lowest BCUT2D eigenvalue weighted by molar-refractivity contribution is -0.00545. The van der Waals surface area contributed by atoms with Crippen molar-refractivity contribution in [2.75, 3.05) is 23.3 Å². The smallest absolute Gasteiger partial charge is 0.162 e. The molecular formula is C24H25N5OS. The van der Waals surface area contributed by atoms with Crippen molar-refractivity contribution in [1.82, 2.24) is 15.0 Å². The Morgan fingerprint density at radius 2 is 1.90 bits per heavy atom. The van der Waals surface area contributed by atoms with Crippen LogP contribution in [0.3, 0.4) is 0 Å². The molecule has 1 aliphatic heterocycles. The predicted molar refractivity (Wildman–Crippen MR) is 127 cm³/mol. The molecule has 158 valence electrons. The molecule has 6 nitrogen and oxygen atoms in total. The van der Waals surface area contributed by atoms with Gasteiger partial charge in [-0.15, -0.1) is 0 Å². The molecule has 1 fully saturated rings. The molecule has 0 radical (unpaired) electrons. The van der Waals surface area contributed by atoms with Crippen LogP contribution in [0, 0.1) is 0 Å². The van der Waals surface area contributed by atoms with Crippen molar-refractivity contribution in [2.45, 2.75) is 32.6 Å². The second kappa shape index (κ2) is 8.61. The van der Waals surface area contributed by atoms with Crippen LogP contribution in [0.25, 0.3) is 22.3 Å². The van der Waals surface area contributed by atoms with E-state index in [0.29, 0.717) is 6.54 Å². The first-order valence-corrected chi connectivity index (χ1v) is 11.5. The summed E-state index contributed by atoms with van der Waals surface area (Å²) in [6, 6.07) is 14.4. The maximum atomic E-state index is 5.83. The van der Waals surface area contributed by atoms with Crippen molar-refractivity contribution < 1.29 is 4.74 Å². The minimum atomic E-state index is 0.218. The van der Waals surface area contributed by atoms with E-state index in [1.165, 1.54) is 0 Å². The van der Waals surface area contributed by atoms with Gasteiger partial charge < -0.3 is 15.0 Å². The number of morpholine rings is 1. The number of hydrogen-bond donors (Lipinski definition) is 1. The molecule has 1 N–H and O–H groups in total. The van der Waals surface area contributed by atoms with Crippen LogP contribution in [-0.4, -0.2) is 40.2 Å². The SMILES string of the molecule is CC1CN(c2ccc(CNc3nc(-c4ccsc4)nc4ccccc34)cn2)CC(C)O1. The number of hydrogen-bond acceptors (Lipinski definition) is 7. The molecule has 1 aromatic carbocycles. The Hall–Kier alpha value is -3.03. The van der Waals surface area contributed by atoms with Crippen LogP contribution in [-0.2, 0) is 11.3 Å². The number of anilines is 2. The van der Waals surface area contributed by atoms with Gasteiger partial charge in [-0.3, -0.25) is 0 Å². The van der Waals surface area contributed by atoms with Gasteiger partial charge in [0.2, 0.25) is 0 Å². The Labute approximate surface area is 185 Å². The molecule has 0 spiro atoms. The van der Waals surface area contributed by atoms with Crippen molar-refractivity contribution in [2.24, 2.45) is 0 Å². The van der Waals surface area contributed by atoms with Gasteiger partial charge >= 0.3 is 0 Å². The van der Waals surface area contributed by atoms with Crippen molar-refractivity contribution in [1.29, 1.82) is 0 Å². The van der Waals surface area contributed by atoms with E-state index in [1.54, 1.807) is 11.3 Å². The van der Waals surface area contributed by atoms with E-state index in [-0.39, 0.29) is 12.2 Å². The molecule has 0 saturated carbocycles. The summed E-state index contributed by atoms with van der Waals surface area (Å²) in [5, 5.41) is 8.63. The minimum absolute atomic E-state index is 0.218. The average molecular weight is 432 g/mol. The molecule has 4 heterocycles. The monoisotopic (exact) mass is 431 g/mol. The maximum Gasteiger partial charge on any atom is 0.162 e. The van der Waals surface area contributed by atoms with Crippen LogP contribution in [0.1, 0.15) is 19.4 Å². The fraction of sp³-hybridized carbons (Fsp3) is 0.292. The summed E-state index contributed by atoms with van der Waals surface area (Å²) in [6.07, 6.45) is 2.38. The van der Waals surface area contributed by atoms with Crippen LogP contribution in [0.15, 0.2) is 59.4 Å². The van der Waals surface area contributed by atoms with E-state index in [2.05, 4.69) is 53.7 Å². The second-order valence-electron chi connectivity index (χ2n) is 7.97. The van der Waals surface area contributed by atoms with Crippen molar-refractivity contribution >= 4 is 33.9 Å². The molecule has 3 aromatic heterocycles. The average Bonchev–Trinajstić information content (AvgIpc) is 3.32. The van der Waals surface area contributed by atoms with Gasteiger partial charge in [-0.2, -0.15) is 11.3 Å². The number of aromatic nitrogens is 3. The van der Waals surface area contributed by atoms with E-state index in [4.69, 9.17) is 19.7 Å². The molecule has 7 heteroatoms. The number of pyridine rings is 1. The highest BCUT2D eigenvalue weighted by molar-refractivity contribution is 7.08. The lowest BCUT2D eigenvalue weighted by atomic mass is 10.2. The first-order chi connectivity index (χ1) is 15.2. The Kier molecular flexibility index (Phi) is 5.53. The third-order valence-electron chi connectivity index (χ3n) is 5.40. The second-order valence-corrected chi connectivity index (χ2v) is 8.75. The Morgan fingerprint density at radius 3 is 2.65 bits per heavy atom. The zero-order valence-corrected chi connectivity index (χ0v) is 18.5. The van der Waals surface area contributed by atoms with Gasteiger partial charge in [-0.05, 0) is 49.1 Å². The molecule has 1 aliphatic rings. The third kappa shape index (κ3) is 4.38.